The number of benzene rings is 2. The van der Waals surface area contributed by atoms with Gasteiger partial charge in [-0.25, -0.2) is 0 Å². The molecule has 3 rings (SSSR count). The Bertz CT molecular complexity index is 851. The van der Waals surface area contributed by atoms with Crippen LogP contribution >= 0.6 is 27.5 Å². The molecule has 2 aromatic carbocycles. The molecule has 118 valence electrons. The van der Waals surface area contributed by atoms with Crippen LogP contribution in [0.25, 0.3) is 22.8 Å². The molecule has 0 unspecified atom stereocenters. The van der Waals surface area contributed by atoms with Gasteiger partial charge in [-0.15, -0.1) is 0 Å². The molecule has 0 aliphatic carbocycles. The number of rotatable bonds is 4. The van der Waals surface area contributed by atoms with Crippen LogP contribution in [-0.4, -0.2) is 24.4 Å². The van der Waals surface area contributed by atoms with Crippen LogP contribution in [0.1, 0.15) is 0 Å². The van der Waals surface area contributed by atoms with Crippen LogP contribution in [0.4, 0.5) is 0 Å². The van der Waals surface area contributed by atoms with Crippen LogP contribution in [0.5, 0.6) is 11.5 Å². The fourth-order valence-corrected chi connectivity index (χ4v) is 2.65. The minimum atomic E-state index is 0.348. The standard InChI is InChI=1S/C16H12BrClN2O3/c1-21-13-6-3-9(7-14(13)22-2)15-19-16(23-20-15)11-8-10(17)4-5-12(11)18/h3-8H,1-2H3. The second-order valence-corrected chi connectivity index (χ2v) is 5.94. The third kappa shape index (κ3) is 3.18. The molecule has 0 atom stereocenters. The summed E-state index contributed by atoms with van der Waals surface area (Å²) in [4.78, 5) is 4.40. The Morgan fingerprint density at radius 1 is 1.04 bits per heavy atom. The fourth-order valence-electron chi connectivity index (χ4n) is 2.09. The molecule has 0 aliphatic heterocycles. The number of methoxy groups -OCH3 is 2. The Morgan fingerprint density at radius 3 is 2.57 bits per heavy atom. The Morgan fingerprint density at radius 2 is 1.83 bits per heavy atom. The molecule has 0 radical (unpaired) electrons. The predicted molar refractivity (Wildman–Crippen MR) is 91.0 cm³/mol. The van der Waals surface area contributed by atoms with Crippen molar-refractivity contribution in [2.24, 2.45) is 0 Å². The average molecular weight is 396 g/mol. The molecule has 1 heterocycles. The molecule has 0 N–H and O–H groups in total. The Kier molecular flexibility index (Phi) is 4.54. The lowest BCUT2D eigenvalue weighted by molar-refractivity contribution is 0.355. The van der Waals surface area contributed by atoms with Crippen molar-refractivity contribution < 1.29 is 14.0 Å². The molecule has 1 aromatic heterocycles. The quantitative estimate of drug-likeness (QED) is 0.633. The smallest absolute Gasteiger partial charge is 0.259 e. The number of hydrogen-bond acceptors (Lipinski definition) is 5. The van der Waals surface area contributed by atoms with E-state index in [1.807, 2.05) is 18.2 Å². The van der Waals surface area contributed by atoms with Gasteiger partial charge in [0.2, 0.25) is 5.82 Å². The summed E-state index contributed by atoms with van der Waals surface area (Å²) in [5.74, 6) is 2.02. The summed E-state index contributed by atoms with van der Waals surface area (Å²) in [5, 5.41) is 4.55. The minimum absolute atomic E-state index is 0.348. The molecule has 0 fully saturated rings. The van der Waals surface area contributed by atoms with Crippen LogP contribution in [0, 0.1) is 0 Å². The summed E-state index contributed by atoms with van der Waals surface area (Å²) in [7, 11) is 3.16. The van der Waals surface area contributed by atoms with Crippen LogP contribution in [0.15, 0.2) is 45.4 Å². The molecule has 0 aliphatic rings. The van der Waals surface area contributed by atoms with Gasteiger partial charge in [0.25, 0.3) is 5.89 Å². The van der Waals surface area contributed by atoms with Gasteiger partial charge in [0.05, 0.1) is 24.8 Å². The van der Waals surface area contributed by atoms with Gasteiger partial charge in [-0.1, -0.05) is 32.7 Å². The zero-order valence-corrected chi connectivity index (χ0v) is 14.7. The summed E-state index contributed by atoms with van der Waals surface area (Å²) < 4.78 is 16.7. The Hall–Kier alpha value is -2.05. The minimum Gasteiger partial charge on any atom is -0.493 e. The monoisotopic (exact) mass is 394 g/mol. The molecule has 7 heteroatoms. The number of hydrogen-bond donors (Lipinski definition) is 0. The van der Waals surface area contributed by atoms with Gasteiger partial charge in [0, 0.05) is 10.0 Å². The van der Waals surface area contributed by atoms with Crippen molar-refractivity contribution in [1.29, 1.82) is 0 Å². The topological polar surface area (TPSA) is 57.4 Å². The second kappa shape index (κ2) is 6.60. The van der Waals surface area contributed by atoms with Gasteiger partial charge in [-0.3, -0.25) is 0 Å². The lowest BCUT2D eigenvalue weighted by Gasteiger charge is -2.07. The summed E-state index contributed by atoms with van der Waals surface area (Å²) in [6, 6.07) is 10.8. The van der Waals surface area contributed by atoms with E-state index in [1.165, 1.54) is 0 Å². The third-order valence-corrected chi connectivity index (χ3v) is 4.05. The van der Waals surface area contributed by atoms with Gasteiger partial charge >= 0.3 is 0 Å². The summed E-state index contributed by atoms with van der Waals surface area (Å²) in [6.07, 6.45) is 0. The average Bonchev–Trinajstić information content (AvgIpc) is 3.06. The largest absolute Gasteiger partial charge is 0.493 e. The van der Waals surface area contributed by atoms with Crippen molar-refractivity contribution in [3.8, 4) is 34.3 Å². The third-order valence-electron chi connectivity index (χ3n) is 3.23. The highest BCUT2D eigenvalue weighted by Gasteiger charge is 2.15. The zero-order chi connectivity index (χ0) is 16.4. The van der Waals surface area contributed by atoms with Crippen LogP contribution in [0.3, 0.4) is 0 Å². The van der Waals surface area contributed by atoms with Crippen LogP contribution in [0.2, 0.25) is 5.02 Å². The van der Waals surface area contributed by atoms with E-state index in [2.05, 4.69) is 26.1 Å². The highest BCUT2D eigenvalue weighted by atomic mass is 79.9. The van der Waals surface area contributed by atoms with E-state index in [0.29, 0.717) is 33.8 Å². The van der Waals surface area contributed by atoms with E-state index in [0.717, 1.165) is 10.0 Å². The molecule has 0 amide bonds. The van der Waals surface area contributed by atoms with Crippen molar-refractivity contribution in [3.63, 3.8) is 0 Å². The van der Waals surface area contributed by atoms with Gasteiger partial charge in [-0.05, 0) is 36.4 Å². The lowest BCUT2D eigenvalue weighted by atomic mass is 10.2. The molecular weight excluding hydrogens is 384 g/mol. The molecule has 5 nitrogen and oxygen atoms in total. The van der Waals surface area contributed by atoms with Gasteiger partial charge in [0.15, 0.2) is 11.5 Å². The van der Waals surface area contributed by atoms with Crippen molar-refractivity contribution in [1.82, 2.24) is 10.1 Å². The van der Waals surface area contributed by atoms with E-state index in [4.69, 9.17) is 25.6 Å². The summed E-state index contributed by atoms with van der Waals surface area (Å²) in [5.41, 5.74) is 1.42. The first kappa shape index (κ1) is 15.8. The zero-order valence-electron chi connectivity index (χ0n) is 12.3. The fraction of sp³-hybridized carbons (Fsp3) is 0.125. The van der Waals surface area contributed by atoms with Gasteiger partial charge < -0.3 is 14.0 Å². The first-order chi connectivity index (χ1) is 11.1. The molecule has 23 heavy (non-hydrogen) atoms. The lowest BCUT2D eigenvalue weighted by Crippen LogP contribution is -1.91. The van der Waals surface area contributed by atoms with E-state index in [1.54, 1.807) is 32.4 Å². The SMILES string of the molecule is COc1ccc(-c2noc(-c3cc(Br)ccc3Cl)n2)cc1OC. The van der Waals surface area contributed by atoms with Gasteiger partial charge in [0.1, 0.15) is 0 Å². The molecule has 0 bridgehead atoms. The number of halogens is 2. The Balaban J connectivity index is 2.00. The predicted octanol–water partition coefficient (Wildman–Crippen LogP) is 4.84. The van der Waals surface area contributed by atoms with Crippen molar-refractivity contribution >= 4 is 27.5 Å². The van der Waals surface area contributed by atoms with E-state index in [9.17, 15) is 0 Å². The van der Waals surface area contributed by atoms with Crippen LogP contribution in [-0.2, 0) is 0 Å². The first-order valence-corrected chi connectivity index (χ1v) is 7.81. The molecule has 3 aromatic rings. The number of nitrogens with zero attached hydrogens (tertiary/aromatic N) is 2. The Labute approximate surface area is 146 Å². The van der Waals surface area contributed by atoms with E-state index in [-0.39, 0.29) is 0 Å². The molecule has 0 spiro atoms. The maximum atomic E-state index is 6.19. The van der Waals surface area contributed by atoms with Gasteiger partial charge in [-0.2, -0.15) is 4.98 Å². The molecule has 0 saturated carbocycles. The summed E-state index contributed by atoms with van der Waals surface area (Å²) in [6.45, 7) is 0. The van der Waals surface area contributed by atoms with Crippen molar-refractivity contribution in [3.05, 3.63) is 45.9 Å². The molecular formula is C16H12BrClN2O3. The van der Waals surface area contributed by atoms with Crippen molar-refractivity contribution in [2.75, 3.05) is 14.2 Å². The maximum absolute atomic E-state index is 6.19. The second-order valence-electron chi connectivity index (χ2n) is 4.62. The molecule has 0 saturated heterocycles. The number of aromatic nitrogens is 2. The normalized spacial score (nSPS) is 10.6. The summed E-state index contributed by atoms with van der Waals surface area (Å²) >= 11 is 9.59. The number of ether oxygens (including phenoxy) is 2. The van der Waals surface area contributed by atoms with E-state index < -0.39 is 0 Å². The van der Waals surface area contributed by atoms with E-state index >= 15 is 0 Å². The van der Waals surface area contributed by atoms with Crippen molar-refractivity contribution in [2.45, 2.75) is 0 Å². The maximum Gasteiger partial charge on any atom is 0.259 e. The van der Waals surface area contributed by atoms with Crippen LogP contribution < -0.4 is 9.47 Å². The first-order valence-electron chi connectivity index (χ1n) is 6.64. The highest BCUT2D eigenvalue weighted by molar-refractivity contribution is 9.10. The highest BCUT2D eigenvalue weighted by Crippen LogP contribution is 2.34.